The van der Waals surface area contributed by atoms with E-state index < -0.39 is 5.92 Å². The molecule has 9 heteroatoms. The number of nitrogens with zero attached hydrogens (tertiary/aromatic N) is 4. The average molecular weight is 398 g/mol. The van der Waals surface area contributed by atoms with Gasteiger partial charge in [-0.1, -0.05) is 18.2 Å². The predicted octanol–water partition coefficient (Wildman–Crippen LogP) is 0.874. The molecule has 2 aliphatic heterocycles. The maximum absolute atomic E-state index is 12.7. The quantitative estimate of drug-likeness (QED) is 0.706. The number of carbonyl (C=O) groups excluding carboxylic acids is 3. The van der Waals surface area contributed by atoms with Gasteiger partial charge in [-0.05, 0) is 30.4 Å². The van der Waals surface area contributed by atoms with E-state index >= 15 is 0 Å². The highest BCUT2D eigenvalue weighted by Crippen LogP contribution is 2.20. The smallest absolute Gasteiger partial charge is 0.289 e. The molecule has 1 aromatic rings. The summed E-state index contributed by atoms with van der Waals surface area (Å²) in [6, 6.07) is 3.28. The van der Waals surface area contributed by atoms with Crippen LogP contribution in [-0.4, -0.2) is 76.0 Å². The first-order chi connectivity index (χ1) is 13.5. The number of carbonyl (C=O) groups is 3. The van der Waals surface area contributed by atoms with E-state index in [1.165, 1.54) is 11.2 Å². The van der Waals surface area contributed by atoms with Crippen molar-refractivity contribution >= 4 is 40.8 Å². The van der Waals surface area contributed by atoms with Crippen LogP contribution < -0.4 is 0 Å². The Hall–Kier alpha value is -3.07. The van der Waals surface area contributed by atoms with Gasteiger partial charge in [-0.2, -0.15) is 0 Å². The lowest BCUT2D eigenvalue weighted by Gasteiger charge is -2.36. The number of piperazine rings is 1. The van der Waals surface area contributed by atoms with Crippen molar-refractivity contribution in [1.82, 2.24) is 14.7 Å². The zero-order valence-corrected chi connectivity index (χ0v) is 15.8. The summed E-state index contributed by atoms with van der Waals surface area (Å²) in [6.07, 6.45) is 8.54. The fourth-order valence-corrected chi connectivity index (χ4v) is 3.64. The molecule has 0 spiro atoms. The third kappa shape index (κ3) is 3.40. The summed E-state index contributed by atoms with van der Waals surface area (Å²) in [5.74, 6) is -0.853. The largest absolute Gasteiger partial charge is 0.459 e. The van der Waals surface area contributed by atoms with Gasteiger partial charge in [0.1, 0.15) is 6.54 Å². The molecular weight excluding hydrogens is 380 g/mol. The minimum absolute atomic E-state index is 0.108. The van der Waals surface area contributed by atoms with Gasteiger partial charge in [0.25, 0.3) is 5.91 Å². The van der Waals surface area contributed by atoms with Crippen LogP contribution in [0.2, 0.25) is 0 Å². The molecule has 3 heterocycles. The minimum atomic E-state index is -0.493. The molecule has 1 fully saturated rings. The van der Waals surface area contributed by atoms with Crippen LogP contribution in [-0.2, 0) is 9.59 Å². The lowest BCUT2D eigenvalue weighted by Crippen LogP contribution is -2.55. The molecule has 1 saturated heterocycles. The number of hydrogen-bond donors (Lipinski definition) is 0. The standard InChI is InChI=1S/C19H18N4O4S/c24-16(12-23-17(25)13-4-1-2-5-14(13)20-19(23)28)21-7-9-22(10-8-21)18(26)15-6-3-11-27-15/h1-6,11,13H,7-10,12H2. The summed E-state index contributed by atoms with van der Waals surface area (Å²) < 4.78 is 5.14. The lowest BCUT2D eigenvalue weighted by atomic mass is 9.95. The Morgan fingerprint density at radius 3 is 2.64 bits per heavy atom. The lowest BCUT2D eigenvalue weighted by molar-refractivity contribution is -0.138. The van der Waals surface area contributed by atoms with E-state index in [0.29, 0.717) is 31.9 Å². The van der Waals surface area contributed by atoms with Crippen LogP contribution in [0.15, 0.2) is 52.1 Å². The van der Waals surface area contributed by atoms with Crippen molar-refractivity contribution in [3.8, 4) is 0 Å². The molecule has 8 nitrogen and oxygen atoms in total. The zero-order chi connectivity index (χ0) is 19.7. The van der Waals surface area contributed by atoms with E-state index in [4.69, 9.17) is 16.6 Å². The first kappa shape index (κ1) is 18.3. The predicted molar refractivity (Wildman–Crippen MR) is 105 cm³/mol. The van der Waals surface area contributed by atoms with Crippen LogP contribution in [0, 0.1) is 5.92 Å². The van der Waals surface area contributed by atoms with E-state index in [9.17, 15) is 14.4 Å². The Morgan fingerprint density at radius 2 is 1.93 bits per heavy atom. The van der Waals surface area contributed by atoms with Crippen molar-refractivity contribution in [3.63, 3.8) is 0 Å². The molecule has 3 amide bonds. The number of aliphatic imine (C=N–C) groups is 1. The van der Waals surface area contributed by atoms with Crippen LogP contribution in [0.25, 0.3) is 0 Å². The summed E-state index contributed by atoms with van der Waals surface area (Å²) in [7, 11) is 0. The molecule has 0 saturated carbocycles. The van der Waals surface area contributed by atoms with Gasteiger partial charge < -0.3 is 14.2 Å². The summed E-state index contributed by atoms with van der Waals surface area (Å²) >= 11 is 5.22. The van der Waals surface area contributed by atoms with Gasteiger partial charge in [-0.15, -0.1) is 0 Å². The second-order valence-corrected chi connectivity index (χ2v) is 6.98. The van der Waals surface area contributed by atoms with Gasteiger partial charge in [0.15, 0.2) is 5.76 Å². The molecule has 1 aromatic heterocycles. The Balaban J connectivity index is 1.36. The average Bonchev–Trinajstić information content (AvgIpc) is 3.25. The van der Waals surface area contributed by atoms with Crippen molar-refractivity contribution in [2.45, 2.75) is 0 Å². The van der Waals surface area contributed by atoms with Gasteiger partial charge in [-0.3, -0.25) is 19.3 Å². The topological polar surface area (TPSA) is 86.4 Å². The summed E-state index contributed by atoms with van der Waals surface area (Å²) in [5.41, 5.74) is 0.603. The van der Waals surface area contributed by atoms with E-state index in [-0.39, 0.29) is 35.1 Å². The molecule has 1 atom stereocenters. The Bertz CT molecular complexity index is 910. The third-order valence-electron chi connectivity index (χ3n) is 4.93. The molecular formula is C19H18N4O4S. The van der Waals surface area contributed by atoms with Gasteiger partial charge in [-0.25, -0.2) is 4.99 Å². The SMILES string of the molecule is O=C(CN1C(=O)C2C=CC=CC2=NC1=S)N1CCN(C(=O)c2ccco2)CC1. The van der Waals surface area contributed by atoms with Crippen molar-refractivity contribution in [3.05, 3.63) is 48.5 Å². The number of furan rings is 1. The highest BCUT2D eigenvalue weighted by atomic mass is 32.1. The van der Waals surface area contributed by atoms with Crippen molar-refractivity contribution in [1.29, 1.82) is 0 Å². The second kappa shape index (κ2) is 7.51. The van der Waals surface area contributed by atoms with Crippen LogP contribution in [0.1, 0.15) is 10.6 Å². The van der Waals surface area contributed by atoms with Crippen LogP contribution in [0.4, 0.5) is 0 Å². The molecule has 0 radical (unpaired) electrons. The van der Waals surface area contributed by atoms with Crippen molar-refractivity contribution < 1.29 is 18.8 Å². The van der Waals surface area contributed by atoms with E-state index in [1.807, 2.05) is 0 Å². The normalized spacial score (nSPS) is 21.6. The fourth-order valence-electron chi connectivity index (χ4n) is 3.38. The first-order valence-electron chi connectivity index (χ1n) is 8.94. The third-order valence-corrected chi connectivity index (χ3v) is 5.24. The molecule has 144 valence electrons. The summed E-state index contributed by atoms with van der Waals surface area (Å²) in [6.45, 7) is 1.44. The van der Waals surface area contributed by atoms with Crippen LogP contribution >= 0.6 is 12.2 Å². The molecule has 28 heavy (non-hydrogen) atoms. The van der Waals surface area contributed by atoms with Gasteiger partial charge in [0.2, 0.25) is 16.9 Å². The monoisotopic (exact) mass is 398 g/mol. The van der Waals surface area contributed by atoms with Gasteiger partial charge in [0, 0.05) is 26.2 Å². The molecule has 1 aliphatic carbocycles. The maximum Gasteiger partial charge on any atom is 0.289 e. The van der Waals surface area contributed by atoms with Crippen molar-refractivity contribution in [2.75, 3.05) is 32.7 Å². The minimum Gasteiger partial charge on any atom is -0.459 e. The highest BCUT2D eigenvalue weighted by molar-refractivity contribution is 7.80. The van der Waals surface area contributed by atoms with Crippen molar-refractivity contribution in [2.24, 2.45) is 10.9 Å². The molecule has 0 aromatic carbocycles. The molecule has 4 rings (SSSR count). The van der Waals surface area contributed by atoms with Crippen LogP contribution in [0.3, 0.4) is 0 Å². The molecule has 1 unspecified atom stereocenters. The summed E-state index contributed by atoms with van der Waals surface area (Å²) in [4.78, 5) is 46.5. The number of rotatable bonds is 3. The zero-order valence-electron chi connectivity index (χ0n) is 15.0. The van der Waals surface area contributed by atoms with Gasteiger partial charge >= 0.3 is 0 Å². The second-order valence-electron chi connectivity index (χ2n) is 6.62. The van der Waals surface area contributed by atoms with Crippen LogP contribution in [0.5, 0.6) is 0 Å². The Morgan fingerprint density at radius 1 is 1.18 bits per heavy atom. The number of fused-ring (bicyclic) bond motifs is 1. The first-order valence-corrected chi connectivity index (χ1v) is 9.35. The number of thiocarbonyl (C=S) groups is 1. The Labute approximate surface area is 166 Å². The number of amides is 3. The maximum atomic E-state index is 12.7. The van der Waals surface area contributed by atoms with E-state index in [1.54, 1.807) is 46.2 Å². The fraction of sp³-hybridized carbons (Fsp3) is 0.316. The number of allylic oxidation sites excluding steroid dienone is 3. The van der Waals surface area contributed by atoms with Gasteiger partial charge in [0.05, 0.1) is 17.9 Å². The van der Waals surface area contributed by atoms with E-state index in [0.717, 1.165) is 0 Å². The summed E-state index contributed by atoms with van der Waals surface area (Å²) in [5, 5.41) is 0.108. The molecule has 0 bridgehead atoms. The number of hydrogen-bond acceptors (Lipinski definition) is 5. The van der Waals surface area contributed by atoms with E-state index in [2.05, 4.69) is 4.99 Å². The highest BCUT2D eigenvalue weighted by Gasteiger charge is 2.36. The molecule has 3 aliphatic rings. The molecule has 0 N–H and O–H groups in total. The Kier molecular flexibility index (Phi) is 4.91.